The summed E-state index contributed by atoms with van der Waals surface area (Å²) in [5.41, 5.74) is 5.62. The number of hydrazone groups is 1. The quantitative estimate of drug-likeness (QED) is 0.324. The number of carbonyl (C=O) groups is 1. The van der Waals surface area contributed by atoms with Gasteiger partial charge in [0.15, 0.2) is 0 Å². The number of hydrogen-bond donors (Lipinski definition) is 0. The molecular weight excluding hydrogens is 482 g/mol. The number of non-ortho nitro benzene ring substituents is 2. The summed E-state index contributed by atoms with van der Waals surface area (Å²) in [6.07, 6.45) is 4.42. The minimum Gasteiger partial charge on any atom is -0.266 e. The van der Waals surface area contributed by atoms with Crippen LogP contribution in [-0.4, -0.2) is 31.5 Å². The molecule has 1 fully saturated rings. The molecule has 2 heterocycles. The Labute approximate surface area is 209 Å². The fourth-order valence-corrected chi connectivity index (χ4v) is 5.53. The zero-order chi connectivity index (χ0) is 25.4. The van der Waals surface area contributed by atoms with Crippen LogP contribution in [0.2, 0.25) is 0 Å². The van der Waals surface area contributed by atoms with Gasteiger partial charge < -0.3 is 0 Å². The maximum atomic E-state index is 13.6. The summed E-state index contributed by atoms with van der Waals surface area (Å²) in [6, 6.07) is 12.2. The number of thiazole rings is 1. The molecule has 11 heteroatoms. The Bertz CT molecular complexity index is 1410. The maximum Gasteiger partial charge on any atom is 0.286 e. The van der Waals surface area contributed by atoms with Gasteiger partial charge in [-0.15, -0.1) is 11.3 Å². The molecule has 2 aliphatic rings. The fourth-order valence-electron chi connectivity index (χ4n) is 4.80. The van der Waals surface area contributed by atoms with Crippen molar-refractivity contribution in [3.8, 4) is 0 Å². The largest absolute Gasteiger partial charge is 0.286 e. The van der Waals surface area contributed by atoms with E-state index in [9.17, 15) is 25.0 Å². The third kappa shape index (κ3) is 4.29. The Kier molecular flexibility index (Phi) is 6.15. The van der Waals surface area contributed by atoms with Gasteiger partial charge in [-0.05, 0) is 61.1 Å². The predicted molar refractivity (Wildman–Crippen MR) is 135 cm³/mol. The highest BCUT2D eigenvalue weighted by atomic mass is 32.1. The normalized spacial score (nSPS) is 20.2. The molecule has 1 saturated carbocycles. The van der Waals surface area contributed by atoms with Crippen molar-refractivity contribution >= 4 is 40.4 Å². The zero-order valence-corrected chi connectivity index (χ0v) is 20.1. The lowest BCUT2D eigenvalue weighted by atomic mass is 9.77. The minimum atomic E-state index is -0.449. The smallest absolute Gasteiger partial charge is 0.266 e. The van der Waals surface area contributed by atoms with Crippen LogP contribution in [0.1, 0.15) is 51.8 Å². The molecule has 0 saturated heterocycles. The second-order valence-corrected chi connectivity index (χ2v) is 9.57. The molecule has 0 N–H and O–H groups in total. The van der Waals surface area contributed by atoms with Gasteiger partial charge in [-0.3, -0.25) is 25.0 Å². The van der Waals surface area contributed by atoms with Crippen LogP contribution in [0.15, 0.2) is 64.7 Å². The average molecular weight is 504 g/mol. The van der Waals surface area contributed by atoms with E-state index in [2.05, 4.69) is 4.98 Å². The number of nitro groups is 2. The molecule has 10 nitrogen and oxygen atoms in total. The van der Waals surface area contributed by atoms with E-state index in [1.54, 1.807) is 36.7 Å². The monoisotopic (exact) mass is 503 g/mol. The lowest BCUT2D eigenvalue weighted by Gasteiger charge is -2.29. The summed E-state index contributed by atoms with van der Waals surface area (Å²) in [4.78, 5) is 39.6. The van der Waals surface area contributed by atoms with E-state index in [-0.39, 0.29) is 23.2 Å². The lowest BCUT2D eigenvalue weighted by Crippen LogP contribution is -2.31. The van der Waals surface area contributed by atoms with Crippen molar-refractivity contribution in [3.05, 3.63) is 102 Å². The molecule has 0 unspecified atom stereocenters. The average Bonchev–Trinajstić information content (AvgIpc) is 3.48. The Balaban J connectivity index is 1.55. The van der Waals surface area contributed by atoms with Crippen LogP contribution in [0.5, 0.6) is 0 Å². The van der Waals surface area contributed by atoms with E-state index < -0.39 is 15.9 Å². The summed E-state index contributed by atoms with van der Waals surface area (Å²) in [5, 5.41) is 28.5. The van der Waals surface area contributed by atoms with Crippen LogP contribution in [0, 0.1) is 33.1 Å². The Morgan fingerprint density at radius 3 is 2.28 bits per heavy atom. The first-order valence-corrected chi connectivity index (χ1v) is 12.2. The van der Waals surface area contributed by atoms with Crippen LogP contribution in [0.25, 0.3) is 6.08 Å². The highest BCUT2D eigenvalue weighted by Crippen LogP contribution is 2.45. The summed E-state index contributed by atoms with van der Waals surface area (Å²) in [5.74, 6) is -0.336. The van der Waals surface area contributed by atoms with Gasteiger partial charge in [0, 0.05) is 30.2 Å². The van der Waals surface area contributed by atoms with Gasteiger partial charge in [0.1, 0.15) is 4.88 Å². The summed E-state index contributed by atoms with van der Waals surface area (Å²) in [6.45, 7) is 1.78. The number of amides is 1. The molecule has 0 spiro atoms. The second-order valence-electron chi connectivity index (χ2n) is 8.71. The van der Waals surface area contributed by atoms with E-state index in [0.29, 0.717) is 10.6 Å². The molecule has 0 radical (unpaired) electrons. The third-order valence-corrected chi connectivity index (χ3v) is 7.46. The molecule has 36 heavy (non-hydrogen) atoms. The summed E-state index contributed by atoms with van der Waals surface area (Å²) < 4.78 is 0. The number of benzene rings is 2. The topological polar surface area (TPSA) is 132 Å². The van der Waals surface area contributed by atoms with Gasteiger partial charge in [-0.25, -0.2) is 9.99 Å². The standard InChI is InChI=1S/C25H21N5O5S/c1-15-24(36-14-26-15)25(31)28-23(17-7-11-20(12-8-17)30(34)35)21-4-2-3-18(22(21)27-28)13-16-5-9-19(10-6-16)29(32)33/h5-14,21,23H,2-4H2,1H3/b18-13+/t21-,23-/m0/s1. The molecule has 2 aromatic carbocycles. The summed E-state index contributed by atoms with van der Waals surface area (Å²) >= 11 is 1.26. The molecule has 3 aromatic rings. The van der Waals surface area contributed by atoms with E-state index >= 15 is 0 Å². The molecule has 1 aromatic heterocycles. The molecular formula is C25H21N5O5S. The maximum absolute atomic E-state index is 13.6. The van der Waals surface area contributed by atoms with Gasteiger partial charge in [-0.2, -0.15) is 5.10 Å². The number of fused-ring (bicyclic) bond motifs is 1. The van der Waals surface area contributed by atoms with Crippen LogP contribution >= 0.6 is 11.3 Å². The van der Waals surface area contributed by atoms with Crippen molar-refractivity contribution in [2.24, 2.45) is 11.0 Å². The van der Waals surface area contributed by atoms with Gasteiger partial charge >= 0.3 is 0 Å². The Morgan fingerprint density at radius 1 is 1.06 bits per heavy atom. The highest BCUT2D eigenvalue weighted by molar-refractivity contribution is 7.11. The van der Waals surface area contributed by atoms with Gasteiger partial charge in [-0.1, -0.05) is 12.1 Å². The van der Waals surface area contributed by atoms with Crippen molar-refractivity contribution in [3.63, 3.8) is 0 Å². The van der Waals surface area contributed by atoms with Gasteiger partial charge in [0.05, 0.1) is 32.8 Å². The lowest BCUT2D eigenvalue weighted by molar-refractivity contribution is -0.385. The van der Waals surface area contributed by atoms with E-state index in [1.807, 2.05) is 6.08 Å². The molecule has 5 rings (SSSR count). The minimum absolute atomic E-state index is 0.0172. The van der Waals surface area contributed by atoms with Crippen LogP contribution in [0.3, 0.4) is 0 Å². The number of aryl methyl sites for hydroxylation is 1. The fraction of sp³-hybridized carbons (Fsp3) is 0.240. The first kappa shape index (κ1) is 23.5. The molecule has 0 bridgehead atoms. The van der Waals surface area contributed by atoms with E-state index in [0.717, 1.165) is 41.7 Å². The van der Waals surface area contributed by atoms with Crippen molar-refractivity contribution in [1.82, 2.24) is 9.99 Å². The van der Waals surface area contributed by atoms with Crippen LogP contribution < -0.4 is 0 Å². The first-order valence-electron chi connectivity index (χ1n) is 11.4. The SMILES string of the molecule is Cc1ncsc1C(=O)N1N=C2/C(=C/c3ccc([N+](=O)[O-])cc3)CCC[C@@H]2[C@@H]1c1ccc([N+](=O)[O-])cc1. The zero-order valence-electron chi connectivity index (χ0n) is 19.2. The number of allylic oxidation sites excluding steroid dienone is 1. The van der Waals surface area contributed by atoms with Crippen molar-refractivity contribution < 1.29 is 14.6 Å². The molecule has 1 aliphatic carbocycles. The molecule has 182 valence electrons. The number of nitro benzene ring substituents is 2. The number of aromatic nitrogens is 1. The second kappa shape index (κ2) is 9.42. The highest BCUT2D eigenvalue weighted by Gasteiger charge is 2.44. The number of hydrogen-bond acceptors (Lipinski definition) is 8. The Morgan fingerprint density at radius 2 is 1.69 bits per heavy atom. The van der Waals surface area contributed by atoms with Crippen molar-refractivity contribution in [1.29, 1.82) is 0 Å². The Hall–Kier alpha value is -4.25. The first-order chi connectivity index (χ1) is 17.3. The molecule has 2 atom stereocenters. The van der Waals surface area contributed by atoms with Crippen LogP contribution in [-0.2, 0) is 0 Å². The predicted octanol–water partition coefficient (Wildman–Crippen LogP) is 5.70. The molecule has 1 aliphatic heterocycles. The van der Waals surface area contributed by atoms with Gasteiger partial charge in [0.2, 0.25) is 0 Å². The molecule has 1 amide bonds. The van der Waals surface area contributed by atoms with Crippen LogP contribution in [0.4, 0.5) is 11.4 Å². The van der Waals surface area contributed by atoms with E-state index in [1.165, 1.54) is 40.6 Å². The van der Waals surface area contributed by atoms with Gasteiger partial charge in [0.25, 0.3) is 17.3 Å². The number of carbonyl (C=O) groups excluding carboxylic acids is 1. The third-order valence-electron chi connectivity index (χ3n) is 6.54. The van der Waals surface area contributed by atoms with Crippen molar-refractivity contribution in [2.75, 3.05) is 0 Å². The van der Waals surface area contributed by atoms with E-state index in [4.69, 9.17) is 5.10 Å². The number of nitrogens with zero attached hydrogens (tertiary/aromatic N) is 5. The number of rotatable bonds is 5. The van der Waals surface area contributed by atoms with Crippen molar-refractivity contribution in [2.45, 2.75) is 32.2 Å². The summed E-state index contributed by atoms with van der Waals surface area (Å²) in [7, 11) is 0.